The molecule has 0 aliphatic carbocycles. The van der Waals surface area contributed by atoms with Crippen LogP contribution < -0.4 is 5.32 Å². The Bertz CT molecular complexity index is 634. The highest BCUT2D eigenvalue weighted by Crippen LogP contribution is 2.30. The largest absolute Gasteiger partial charge is 0.369 e. The first-order valence-electron chi connectivity index (χ1n) is 6.33. The Morgan fingerprint density at radius 2 is 2.05 bits per heavy atom. The molecule has 1 heterocycles. The van der Waals surface area contributed by atoms with Crippen LogP contribution >= 0.6 is 27.5 Å². The van der Waals surface area contributed by atoms with Gasteiger partial charge in [-0.15, -0.1) is 0 Å². The Kier molecular flexibility index (Phi) is 4.94. The van der Waals surface area contributed by atoms with E-state index in [2.05, 4.69) is 31.2 Å². The molecule has 1 N–H and O–H groups in total. The summed E-state index contributed by atoms with van der Waals surface area (Å²) in [6.45, 7) is 4.68. The van der Waals surface area contributed by atoms with Gasteiger partial charge in [0.2, 0.25) is 0 Å². The summed E-state index contributed by atoms with van der Waals surface area (Å²) in [5.74, 6) is 0.496. The van der Waals surface area contributed by atoms with Crippen molar-refractivity contribution in [2.75, 3.05) is 11.9 Å². The van der Waals surface area contributed by atoms with Gasteiger partial charge in [-0.05, 0) is 41.4 Å². The van der Waals surface area contributed by atoms with Crippen molar-refractivity contribution in [3.63, 3.8) is 0 Å². The number of halogens is 3. The number of hydrogen-bond donors (Lipinski definition) is 1. The molecule has 0 saturated carbocycles. The molecule has 2 rings (SSSR count). The minimum absolute atomic E-state index is 0.0667. The first kappa shape index (κ1) is 15.2. The van der Waals surface area contributed by atoms with Crippen LogP contribution in [0.1, 0.15) is 19.5 Å². The van der Waals surface area contributed by atoms with Crippen LogP contribution in [0.5, 0.6) is 0 Å². The lowest BCUT2D eigenvalue weighted by Crippen LogP contribution is -2.06. The molecule has 0 saturated heterocycles. The molecule has 20 heavy (non-hydrogen) atoms. The van der Waals surface area contributed by atoms with Crippen molar-refractivity contribution in [2.24, 2.45) is 0 Å². The van der Waals surface area contributed by atoms with Gasteiger partial charge in [-0.25, -0.2) is 14.4 Å². The van der Waals surface area contributed by atoms with E-state index in [0.717, 1.165) is 23.1 Å². The van der Waals surface area contributed by atoms with Crippen LogP contribution in [0.15, 0.2) is 22.7 Å². The van der Waals surface area contributed by atoms with Gasteiger partial charge in [0.1, 0.15) is 5.82 Å². The molecule has 0 spiro atoms. The lowest BCUT2D eigenvalue weighted by molar-refractivity contribution is 0.630. The van der Waals surface area contributed by atoms with Gasteiger partial charge in [0.15, 0.2) is 11.6 Å². The Morgan fingerprint density at radius 1 is 1.30 bits per heavy atom. The molecule has 6 heteroatoms. The van der Waals surface area contributed by atoms with Crippen LogP contribution in [0, 0.1) is 5.82 Å². The number of anilines is 1. The smallest absolute Gasteiger partial charge is 0.164 e. The van der Waals surface area contributed by atoms with Crippen LogP contribution in [-0.2, 0) is 6.42 Å². The number of nitrogens with one attached hydrogen (secondary N) is 1. The topological polar surface area (TPSA) is 37.8 Å². The fourth-order valence-corrected chi connectivity index (χ4v) is 2.58. The van der Waals surface area contributed by atoms with E-state index in [9.17, 15) is 4.39 Å². The van der Waals surface area contributed by atoms with Crippen molar-refractivity contribution in [1.82, 2.24) is 9.97 Å². The summed E-state index contributed by atoms with van der Waals surface area (Å²) in [7, 11) is 0. The second-order valence-electron chi connectivity index (χ2n) is 4.14. The average Bonchev–Trinajstić information content (AvgIpc) is 2.44. The predicted molar refractivity (Wildman–Crippen MR) is 83.7 cm³/mol. The Labute approximate surface area is 130 Å². The molecular weight excluding hydrogens is 345 g/mol. The van der Waals surface area contributed by atoms with Gasteiger partial charge in [0.25, 0.3) is 0 Å². The molecule has 1 aromatic carbocycles. The average molecular weight is 359 g/mol. The molecule has 0 amide bonds. The maximum atomic E-state index is 14.1. The highest BCUT2D eigenvalue weighted by Gasteiger charge is 2.16. The standard InChI is InChI=1S/C14H14BrClFN3/c1-3-10-11(15)14(18-4-2)20-13(19-10)8-6-5-7-9(16)12(8)17/h5-7H,3-4H2,1-2H3,(H,18,19,20). The quantitative estimate of drug-likeness (QED) is 0.861. The molecule has 2 aromatic rings. The van der Waals surface area contributed by atoms with E-state index in [1.807, 2.05) is 13.8 Å². The van der Waals surface area contributed by atoms with Crippen molar-refractivity contribution >= 4 is 33.3 Å². The summed E-state index contributed by atoms with van der Waals surface area (Å²) >= 11 is 9.29. The minimum atomic E-state index is -0.499. The molecular formula is C14H14BrClFN3. The van der Waals surface area contributed by atoms with E-state index in [1.165, 1.54) is 6.07 Å². The Balaban J connectivity index is 2.62. The molecule has 3 nitrogen and oxygen atoms in total. The molecule has 0 unspecified atom stereocenters. The normalized spacial score (nSPS) is 10.7. The van der Waals surface area contributed by atoms with Crippen molar-refractivity contribution in [3.8, 4) is 11.4 Å². The zero-order valence-corrected chi connectivity index (χ0v) is 13.5. The zero-order chi connectivity index (χ0) is 14.7. The Morgan fingerprint density at radius 3 is 2.70 bits per heavy atom. The van der Waals surface area contributed by atoms with Crippen molar-refractivity contribution in [3.05, 3.63) is 39.2 Å². The molecule has 0 fully saturated rings. The molecule has 0 aliphatic heterocycles. The van der Waals surface area contributed by atoms with E-state index >= 15 is 0 Å². The molecule has 106 valence electrons. The number of aryl methyl sites for hydroxylation is 1. The van der Waals surface area contributed by atoms with Crippen LogP contribution in [0.4, 0.5) is 10.2 Å². The van der Waals surface area contributed by atoms with Crippen molar-refractivity contribution in [2.45, 2.75) is 20.3 Å². The maximum absolute atomic E-state index is 14.1. The zero-order valence-electron chi connectivity index (χ0n) is 11.2. The third-order valence-electron chi connectivity index (χ3n) is 2.79. The van der Waals surface area contributed by atoms with Crippen LogP contribution in [0.3, 0.4) is 0 Å². The van der Waals surface area contributed by atoms with Crippen LogP contribution in [0.25, 0.3) is 11.4 Å². The summed E-state index contributed by atoms with van der Waals surface area (Å²) in [6, 6.07) is 4.81. The molecule has 0 aliphatic rings. The third-order valence-corrected chi connectivity index (χ3v) is 3.92. The summed E-state index contributed by atoms with van der Waals surface area (Å²) in [5, 5.41) is 3.21. The first-order chi connectivity index (χ1) is 9.58. The van der Waals surface area contributed by atoms with Crippen molar-refractivity contribution < 1.29 is 4.39 Å². The summed E-state index contributed by atoms with van der Waals surface area (Å²) in [4.78, 5) is 8.78. The number of hydrogen-bond acceptors (Lipinski definition) is 3. The minimum Gasteiger partial charge on any atom is -0.369 e. The fourth-order valence-electron chi connectivity index (χ4n) is 1.81. The summed E-state index contributed by atoms with van der Waals surface area (Å²) in [6.07, 6.45) is 0.719. The number of aromatic nitrogens is 2. The van der Waals surface area contributed by atoms with Gasteiger partial charge in [-0.3, -0.25) is 0 Å². The van der Waals surface area contributed by atoms with Gasteiger partial charge >= 0.3 is 0 Å². The van der Waals surface area contributed by atoms with E-state index in [1.54, 1.807) is 12.1 Å². The fraction of sp³-hybridized carbons (Fsp3) is 0.286. The monoisotopic (exact) mass is 357 g/mol. The molecule has 0 atom stereocenters. The summed E-state index contributed by atoms with van der Waals surface area (Å²) < 4.78 is 14.9. The van der Waals surface area contributed by atoms with Gasteiger partial charge in [-0.2, -0.15) is 0 Å². The van der Waals surface area contributed by atoms with Crippen LogP contribution in [0.2, 0.25) is 5.02 Å². The lowest BCUT2D eigenvalue weighted by Gasteiger charge is -2.12. The van der Waals surface area contributed by atoms with Gasteiger partial charge in [-0.1, -0.05) is 24.6 Å². The number of rotatable bonds is 4. The second kappa shape index (κ2) is 6.50. The third kappa shape index (κ3) is 2.94. The SMILES string of the molecule is CCNc1nc(-c2cccc(Cl)c2F)nc(CC)c1Br. The molecule has 0 radical (unpaired) electrons. The first-order valence-corrected chi connectivity index (χ1v) is 7.50. The van der Waals surface area contributed by atoms with E-state index in [4.69, 9.17) is 11.6 Å². The maximum Gasteiger partial charge on any atom is 0.164 e. The van der Waals surface area contributed by atoms with Gasteiger partial charge in [0, 0.05) is 6.54 Å². The van der Waals surface area contributed by atoms with Gasteiger partial charge < -0.3 is 5.32 Å². The second-order valence-corrected chi connectivity index (χ2v) is 5.34. The summed E-state index contributed by atoms with van der Waals surface area (Å²) in [5.41, 5.74) is 1.13. The highest BCUT2D eigenvalue weighted by molar-refractivity contribution is 9.10. The van der Waals surface area contributed by atoms with Crippen molar-refractivity contribution in [1.29, 1.82) is 0 Å². The molecule has 1 aromatic heterocycles. The lowest BCUT2D eigenvalue weighted by atomic mass is 10.2. The predicted octanol–water partition coefficient (Wildman–Crippen LogP) is 4.69. The Hall–Kier alpha value is -1.20. The van der Waals surface area contributed by atoms with E-state index < -0.39 is 5.82 Å². The van der Waals surface area contributed by atoms with E-state index in [-0.39, 0.29) is 5.02 Å². The van der Waals surface area contributed by atoms with E-state index in [0.29, 0.717) is 17.2 Å². The molecule has 0 bridgehead atoms. The number of nitrogens with zero attached hydrogens (tertiary/aromatic N) is 2. The van der Waals surface area contributed by atoms with Gasteiger partial charge in [0.05, 0.1) is 20.8 Å². The highest BCUT2D eigenvalue weighted by atomic mass is 79.9. The number of benzene rings is 1. The van der Waals surface area contributed by atoms with Crippen LogP contribution in [-0.4, -0.2) is 16.5 Å².